The molecular weight excluding hydrogens is 474 g/mol. The van der Waals surface area contributed by atoms with Gasteiger partial charge in [0.2, 0.25) is 6.29 Å². The predicted octanol–water partition coefficient (Wildman–Crippen LogP) is 1.65. The van der Waals surface area contributed by atoms with Crippen LogP contribution in [0.25, 0.3) is 10.8 Å². The monoisotopic (exact) mass is 501 g/mol. The Morgan fingerprint density at radius 1 is 0.778 bits per heavy atom. The van der Waals surface area contributed by atoms with E-state index in [0.29, 0.717) is 0 Å². The highest BCUT2D eigenvalue weighted by molar-refractivity contribution is 5.98. The van der Waals surface area contributed by atoms with Crippen LogP contribution in [0.15, 0.2) is 42.5 Å². The number of hydrogen-bond acceptors (Lipinski definition) is 10. The van der Waals surface area contributed by atoms with Crippen LogP contribution in [-0.2, 0) is 42.9 Å². The summed E-state index contributed by atoms with van der Waals surface area (Å²) in [6.07, 6.45) is -5.25. The molecule has 5 atom stereocenters. The first-order chi connectivity index (χ1) is 17.0. The van der Waals surface area contributed by atoms with Gasteiger partial charge in [0.15, 0.2) is 12.2 Å². The van der Waals surface area contributed by atoms with Gasteiger partial charge in [0.1, 0.15) is 18.8 Å². The molecule has 0 bridgehead atoms. The Balaban J connectivity index is 1.98. The lowest BCUT2D eigenvalue weighted by Gasteiger charge is -2.44. The molecule has 0 unspecified atom stereocenters. The van der Waals surface area contributed by atoms with Crippen molar-refractivity contribution in [2.45, 2.75) is 58.3 Å². The Labute approximate surface area is 207 Å². The summed E-state index contributed by atoms with van der Waals surface area (Å²) < 4.78 is 26.8. The van der Waals surface area contributed by atoms with E-state index in [2.05, 4.69) is 5.32 Å². The van der Waals surface area contributed by atoms with E-state index in [1.54, 1.807) is 18.2 Å². The SMILES string of the molecule is CC(=O)OC[C@@H]1O[C@H](OC(C)=O)[C@H](NC(=O)c2ccc3ccccc3c2)[C@@H](OC(C)=O)[C@H]1OC(C)=O. The summed E-state index contributed by atoms with van der Waals surface area (Å²) in [7, 11) is 0. The highest BCUT2D eigenvalue weighted by Crippen LogP contribution is 2.28. The van der Waals surface area contributed by atoms with Gasteiger partial charge >= 0.3 is 23.9 Å². The molecule has 0 aromatic heterocycles. The van der Waals surface area contributed by atoms with E-state index < -0.39 is 67.0 Å². The maximum Gasteiger partial charge on any atom is 0.305 e. The summed E-state index contributed by atoms with van der Waals surface area (Å²) in [5.41, 5.74) is 0.280. The Kier molecular flexibility index (Phi) is 8.59. The number of ether oxygens (including phenoxy) is 5. The smallest absolute Gasteiger partial charge is 0.305 e. The summed E-state index contributed by atoms with van der Waals surface area (Å²) in [5, 5.41) is 4.42. The minimum absolute atomic E-state index is 0.280. The summed E-state index contributed by atoms with van der Waals surface area (Å²) in [4.78, 5) is 60.3. The number of esters is 4. The third-order valence-electron chi connectivity index (χ3n) is 5.29. The minimum atomic E-state index is -1.45. The molecule has 192 valence electrons. The van der Waals surface area contributed by atoms with Crippen molar-refractivity contribution in [2.75, 3.05) is 6.61 Å². The zero-order valence-electron chi connectivity index (χ0n) is 20.2. The molecule has 1 aliphatic heterocycles. The van der Waals surface area contributed by atoms with Crippen LogP contribution in [0.2, 0.25) is 0 Å². The summed E-state index contributed by atoms with van der Waals surface area (Å²) in [5.74, 6) is -3.46. The molecule has 1 fully saturated rings. The highest BCUT2D eigenvalue weighted by atomic mass is 16.7. The van der Waals surface area contributed by atoms with Crippen molar-refractivity contribution in [1.29, 1.82) is 0 Å². The van der Waals surface area contributed by atoms with Crippen molar-refractivity contribution in [2.24, 2.45) is 0 Å². The lowest BCUT2D eigenvalue weighted by atomic mass is 9.95. The molecule has 2 aromatic carbocycles. The maximum absolute atomic E-state index is 13.2. The topological polar surface area (TPSA) is 144 Å². The molecule has 0 spiro atoms. The Morgan fingerprint density at radius 3 is 2.00 bits per heavy atom. The molecule has 0 aliphatic carbocycles. The van der Waals surface area contributed by atoms with Crippen molar-refractivity contribution in [3.05, 3.63) is 48.0 Å². The number of carbonyl (C=O) groups excluding carboxylic acids is 5. The summed E-state index contributed by atoms with van der Waals surface area (Å²) in [6, 6.07) is 11.2. The minimum Gasteiger partial charge on any atom is -0.463 e. The number of amides is 1. The van der Waals surface area contributed by atoms with Crippen LogP contribution in [0.3, 0.4) is 0 Å². The third kappa shape index (κ3) is 6.79. The highest BCUT2D eigenvalue weighted by Gasteiger charge is 2.52. The summed E-state index contributed by atoms with van der Waals surface area (Å²) in [6.45, 7) is 4.17. The normalized spacial score (nSPS) is 23.3. The van der Waals surface area contributed by atoms with Gasteiger partial charge in [-0.15, -0.1) is 0 Å². The number of nitrogens with one attached hydrogen (secondary N) is 1. The molecule has 3 rings (SSSR count). The average Bonchev–Trinajstić information content (AvgIpc) is 2.80. The molecule has 36 heavy (non-hydrogen) atoms. The van der Waals surface area contributed by atoms with Gasteiger partial charge in [-0.25, -0.2) is 0 Å². The molecule has 11 heteroatoms. The first-order valence-electron chi connectivity index (χ1n) is 11.1. The largest absolute Gasteiger partial charge is 0.463 e. The second-order valence-electron chi connectivity index (χ2n) is 8.16. The first kappa shape index (κ1) is 26.6. The second-order valence-corrected chi connectivity index (χ2v) is 8.16. The Bertz CT molecular complexity index is 1160. The van der Waals surface area contributed by atoms with Crippen molar-refractivity contribution < 1.29 is 47.7 Å². The lowest BCUT2D eigenvalue weighted by Crippen LogP contribution is -2.67. The van der Waals surface area contributed by atoms with E-state index in [1.165, 1.54) is 6.92 Å². The van der Waals surface area contributed by atoms with E-state index in [4.69, 9.17) is 23.7 Å². The van der Waals surface area contributed by atoms with E-state index in [1.807, 2.05) is 24.3 Å². The number of carbonyl (C=O) groups is 5. The van der Waals surface area contributed by atoms with Crippen molar-refractivity contribution in [3.63, 3.8) is 0 Å². The Morgan fingerprint density at radius 2 is 1.39 bits per heavy atom. The van der Waals surface area contributed by atoms with E-state index in [-0.39, 0.29) is 5.56 Å². The van der Waals surface area contributed by atoms with Crippen LogP contribution in [-0.4, -0.2) is 67.0 Å². The van der Waals surface area contributed by atoms with Gasteiger partial charge < -0.3 is 29.0 Å². The van der Waals surface area contributed by atoms with E-state index in [0.717, 1.165) is 31.5 Å². The first-order valence-corrected chi connectivity index (χ1v) is 11.1. The molecule has 1 amide bonds. The predicted molar refractivity (Wildman–Crippen MR) is 123 cm³/mol. The zero-order valence-corrected chi connectivity index (χ0v) is 20.2. The Hall–Kier alpha value is -3.99. The fourth-order valence-electron chi connectivity index (χ4n) is 3.89. The van der Waals surface area contributed by atoms with Crippen molar-refractivity contribution in [1.82, 2.24) is 5.32 Å². The van der Waals surface area contributed by atoms with Crippen LogP contribution in [0.5, 0.6) is 0 Å². The number of hydrogen-bond donors (Lipinski definition) is 1. The molecule has 1 N–H and O–H groups in total. The third-order valence-corrected chi connectivity index (χ3v) is 5.29. The fraction of sp³-hybridized carbons (Fsp3) is 0.400. The number of fused-ring (bicyclic) bond motifs is 1. The van der Waals surface area contributed by atoms with Crippen LogP contribution < -0.4 is 5.32 Å². The molecule has 0 saturated carbocycles. The van der Waals surface area contributed by atoms with Crippen molar-refractivity contribution >= 4 is 40.6 Å². The molecule has 1 heterocycles. The van der Waals surface area contributed by atoms with Crippen LogP contribution in [0.4, 0.5) is 0 Å². The van der Waals surface area contributed by atoms with Crippen LogP contribution >= 0.6 is 0 Å². The van der Waals surface area contributed by atoms with Gasteiger partial charge in [-0.2, -0.15) is 0 Å². The molecule has 1 saturated heterocycles. The molecular formula is C25H27NO10. The number of benzene rings is 2. The second kappa shape index (κ2) is 11.6. The summed E-state index contributed by atoms with van der Waals surface area (Å²) >= 11 is 0. The molecule has 2 aromatic rings. The average molecular weight is 501 g/mol. The lowest BCUT2D eigenvalue weighted by molar-refractivity contribution is -0.270. The van der Waals surface area contributed by atoms with Crippen LogP contribution in [0.1, 0.15) is 38.1 Å². The zero-order chi connectivity index (χ0) is 26.4. The maximum atomic E-state index is 13.2. The molecule has 1 aliphatic rings. The number of rotatable bonds is 7. The van der Waals surface area contributed by atoms with E-state index in [9.17, 15) is 24.0 Å². The van der Waals surface area contributed by atoms with Gasteiger partial charge in [-0.3, -0.25) is 24.0 Å². The molecule has 0 radical (unpaired) electrons. The van der Waals surface area contributed by atoms with Gasteiger partial charge in [0.25, 0.3) is 5.91 Å². The van der Waals surface area contributed by atoms with Gasteiger partial charge in [0.05, 0.1) is 0 Å². The van der Waals surface area contributed by atoms with Gasteiger partial charge in [0, 0.05) is 33.3 Å². The standard InChI is InChI=1S/C25H27NO10/c1-13(27)32-12-20-22(33-14(2)28)23(34-15(3)29)21(25(36-20)35-16(4)30)26-24(31)19-10-9-17-7-5-6-8-18(17)11-19/h5-11,20-23,25H,12H2,1-4H3,(H,26,31)/t20-,21+,22-,23+,25-/m0/s1. The quantitative estimate of drug-likeness (QED) is 0.439. The molecule has 11 nitrogen and oxygen atoms in total. The van der Waals surface area contributed by atoms with Crippen LogP contribution in [0, 0.1) is 0 Å². The van der Waals surface area contributed by atoms with Gasteiger partial charge in [-0.1, -0.05) is 30.3 Å². The van der Waals surface area contributed by atoms with E-state index >= 15 is 0 Å². The fourth-order valence-corrected chi connectivity index (χ4v) is 3.89. The van der Waals surface area contributed by atoms with Gasteiger partial charge in [-0.05, 0) is 22.9 Å². The van der Waals surface area contributed by atoms with Crippen molar-refractivity contribution in [3.8, 4) is 0 Å².